The van der Waals surface area contributed by atoms with E-state index in [1.165, 1.54) is 17.4 Å². The molecule has 1 aromatic heterocycles. The Morgan fingerprint density at radius 1 is 1.30 bits per heavy atom. The number of carbonyl (C=O) groups is 2. The molecule has 0 spiro atoms. The Kier molecular flexibility index (Phi) is 6.43. The monoisotopic (exact) mass is 388 g/mol. The lowest BCUT2D eigenvalue weighted by molar-refractivity contribution is -0.142. The molecule has 142 valence electrons. The molecule has 8 heteroatoms. The molecular formula is C19H20N2O5S. The number of benzene rings is 1. The SMILES string of the molecule is CCOC(=O)Cc1csc(NC(=O)C=Cc2ccc3c(c2)OCCCO3)n1. The van der Waals surface area contributed by atoms with Crippen LogP contribution in [0.25, 0.3) is 6.08 Å². The second-order valence-electron chi connectivity index (χ2n) is 5.71. The number of hydrogen-bond donors (Lipinski definition) is 1. The van der Waals surface area contributed by atoms with Crippen LogP contribution in [-0.4, -0.2) is 36.7 Å². The minimum atomic E-state index is -0.338. The Bertz CT molecular complexity index is 846. The fourth-order valence-electron chi connectivity index (χ4n) is 2.41. The van der Waals surface area contributed by atoms with E-state index in [1.807, 2.05) is 18.2 Å². The van der Waals surface area contributed by atoms with Crippen molar-refractivity contribution in [3.8, 4) is 11.5 Å². The summed E-state index contributed by atoms with van der Waals surface area (Å²) in [6, 6.07) is 5.53. The highest BCUT2D eigenvalue weighted by Crippen LogP contribution is 2.30. The van der Waals surface area contributed by atoms with Gasteiger partial charge in [0.15, 0.2) is 16.6 Å². The lowest BCUT2D eigenvalue weighted by atomic mass is 10.2. The van der Waals surface area contributed by atoms with Gasteiger partial charge in [-0.3, -0.25) is 14.9 Å². The molecule has 1 aromatic carbocycles. The second-order valence-corrected chi connectivity index (χ2v) is 6.56. The van der Waals surface area contributed by atoms with Gasteiger partial charge < -0.3 is 14.2 Å². The van der Waals surface area contributed by atoms with Crippen LogP contribution in [0.4, 0.5) is 5.13 Å². The summed E-state index contributed by atoms with van der Waals surface area (Å²) < 4.78 is 16.1. The lowest BCUT2D eigenvalue weighted by Crippen LogP contribution is -2.09. The predicted octanol–water partition coefficient (Wildman–Crippen LogP) is 3.06. The van der Waals surface area contributed by atoms with Crippen LogP contribution in [0, 0.1) is 0 Å². The van der Waals surface area contributed by atoms with E-state index in [0.717, 1.165) is 12.0 Å². The molecule has 2 heterocycles. The van der Waals surface area contributed by atoms with Crippen LogP contribution in [0.15, 0.2) is 29.7 Å². The van der Waals surface area contributed by atoms with Gasteiger partial charge >= 0.3 is 5.97 Å². The third-order valence-electron chi connectivity index (χ3n) is 3.61. The smallest absolute Gasteiger partial charge is 0.311 e. The molecule has 27 heavy (non-hydrogen) atoms. The van der Waals surface area contributed by atoms with Gasteiger partial charge in [-0.1, -0.05) is 6.07 Å². The van der Waals surface area contributed by atoms with E-state index in [0.29, 0.717) is 42.1 Å². The van der Waals surface area contributed by atoms with Crippen LogP contribution in [0.1, 0.15) is 24.6 Å². The van der Waals surface area contributed by atoms with E-state index in [2.05, 4.69) is 10.3 Å². The topological polar surface area (TPSA) is 86.8 Å². The van der Waals surface area contributed by atoms with Crippen LogP contribution < -0.4 is 14.8 Å². The zero-order valence-electron chi connectivity index (χ0n) is 14.9. The number of esters is 1. The van der Waals surface area contributed by atoms with E-state index in [9.17, 15) is 9.59 Å². The molecule has 0 radical (unpaired) electrons. The number of ether oxygens (including phenoxy) is 3. The summed E-state index contributed by atoms with van der Waals surface area (Å²) in [5.41, 5.74) is 1.40. The predicted molar refractivity (Wildman–Crippen MR) is 102 cm³/mol. The molecule has 0 saturated heterocycles. The number of aromatic nitrogens is 1. The van der Waals surface area contributed by atoms with Crippen LogP contribution in [0.2, 0.25) is 0 Å². The molecule has 0 unspecified atom stereocenters. The molecule has 1 aliphatic rings. The largest absolute Gasteiger partial charge is 0.490 e. The van der Waals surface area contributed by atoms with Crippen molar-refractivity contribution in [1.29, 1.82) is 0 Å². The lowest BCUT2D eigenvalue weighted by Gasteiger charge is -2.07. The maximum Gasteiger partial charge on any atom is 0.311 e. The third-order valence-corrected chi connectivity index (χ3v) is 4.42. The normalized spacial score (nSPS) is 13.2. The number of hydrogen-bond acceptors (Lipinski definition) is 7. The van der Waals surface area contributed by atoms with Crippen molar-refractivity contribution in [2.24, 2.45) is 0 Å². The molecule has 0 fully saturated rings. The summed E-state index contributed by atoms with van der Waals surface area (Å²) in [7, 11) is 0. The Balaban J connectivity index is 1.57. The molecule has 3 rings (SSSR count). The van der Waals surface area contributed by atoms with Crippen molar-refractivity contribution < 1.29 is 23.8 Å². The fourth-order valence-corrected chi connectivity index (χ4v) is 3.12. The van der Waals surface area contributed by atoms with Crippen molar-refractivity contribution in [2.45, 2.75) is 19.8 Å². The summed E-state index contributed by atoms with van der Waals surface area (Å²) in [6.07, 6.45) is 4.05. The minimum absolute atomic E-state index is 0.0905. The zero-order chi connectivity index (χ0) is 19.1. The molecule has 0 bridgehead atoms. The van der Waals surface area contributed by atoms with Gasteiger partial charge in [0.05, 0.1) is 31.9 Å². The zero-order valence-corrected chi connectivity index (χ0v) is 15.7. The van der Waals surface area contributed by atoms with Crippen molar-refractivity contribution in [1.82, 2.24) is 4.98 Å². The number of thiazole rings is 1. The van der Waals surface area contributed by atoms with Crippen molar-refractivity contribution in [2.75, 3.05) is 25.1 Å². The van der Waals surface area contributed by atoms with Crippen LogP contribution in [-0.2, 0) is 20.7 Å². The average molecular weight is 388 g/mol. The molecule has 2 aromatic rings. The summed E-state index contributed by atoms with van der Waals surface area (Å²) in [4.78, 5) is 27.7. The van der Waals surface area contributed by atoms with E-state index in [1.54, 1.807) is 18.4 Å². The summed E-state index contributed by atoms with van der Waals surface area (Å²) in [5.74, 6) is 0.749. The third kappa shape index (κ3) is 5.55. The van der Waals surface area contributed by atoms with E-state index in [-0.39, 0.29) is 18.3 Å². The highest BCUT2D eigenvalue weighted by molar-refractivity contribution is 7.14. The molecule has 1 amide bonds. The van der Waals surface area contributed by atoms with Crippen molar-refractivity contribution in [3.05, 3.63) is 40.9 Å². The quantitative estimate of drug-likeness (QED) is 0.605. The van der Waals surface area contributed by atoms with Gasteiger partial charge in [-0.05, 0) is 30.7 Å². The van der Waals surface area contributed by atoms with Gasteiger partial charge in [0.2, 0.25) is 5.91 Å². The van der Waals surface area contributed by atoms with Crippen LogP contribution in [0.3, 0.4) is 0 Å². The summed E-state index contributed by atoms with van der Waals surface area (Å²) >= 11 is 1.26. The maximum absolute atomic E-state index is 12.1. The van der Waals surface area contributed by atoms with Gasteiger partial charge in [-0.15, -0.1) is 11.3 Å². The average Bonchev–Trinajstić information content (AvgIpc) is 2.94. The highest BCUT2D eigenvalue weighted by atomic mass is 32.1. The first-order valence-electron chi connectivity index (χ1n) is 8.63. The summed E-state index contributed by atoms with van der Waals surface area (Å²) in [6.45, 7) is 3.33. The number of nitrogens with one attached hydrogen (secondary N) is 1. The Hall–Kier alpha value is -2.87. The van der Waals surface area contributed by atoms with E-state index in [4.69, 9.17) is 14.2 Å². The highest BCUT2D eigenvalue weighted by Gasteiger charge is 2.11. The first-order valence-corrected chi connectivity index (χ1v) is 9.50. The number of carbonyl (C=O) groups excluding carboxylic acids is 2. The summed E-state index contributed by atoms with van der Waals surface area (Å²) in [5, 5.41) is 4.84. The molecule has 1 N–H and O–H groups in total. The number of rotatable bonds is 6. The standard InChI is InChI=1S/C19H20N2O5S/c1-2-24-18(23)11-14-12-27-19(20-14)21-17(22)7-5-13-4-6-15-16(10-13)26-9-3-8-25-15/h4-7,10,12H,2-3,8-9,11H2,1H3,(H,20,21,22). The molecule has 0 atom stereocenters. The Labute approximate surface area is 161 Å². The molecular weight excluding hydrogens is 368 g/mol. The minimum Gasteiger partial charge on any atom is -0.490 e. The number of anilines is 1. The van der Waals surface area contributed by atoms with Crippen LogP contribution >= 0.6 is 11.3 Å². The van der Waals surface area contributed by atoms with Gasteiger partial charge in [0.1, 0.15) is 0 Å². The van der Waals surface area contributed by atoms with Gasteiger partial charge in [0.25, 0.3) is 0 Å². The van der Waals surface area contributed by atoms with E-state index >= 15 is 0 Å². The first-order chi connectivity index (χ1) is 13.1. The molecule has 0 aliphatic carbocycles. The van der Waals surface area contributed by atoms with E-state index < -0.39 is 0 Å². The van der Waals surface area contributed by atoms with Gasteiger partial charge in [-0.25, -0.2) is 4.98 Å². The Morgan fingerprint density at radius 2 is 2.11 bits per heavy atom. The molecule has 0 saturated carbocycles. The van der Waals surface area contributed by atoms with Crippen LogP contribution in [0.5, 0.6) is 11.5 Å². The maximum atomic E-state index is 12.1. The van der Waals surface area contributed by atoms with Gasteiger partial charge in [0, 0.05) is 17.9 Å². The van der Waals surface area contributed by atoms with Crippen molar-refractivity contribution >= 4 is 34.4 Å². The Morgan fingerprint density at radius 3 is 2.93 bits per heavy atom. The van der Waals surface area contributed by atoms with Crippen molar-refractivity contribution in [3.63, 3.8) is 0 Å². The fraction of sp³-hybridized carbons (Fsp3) is 0.316. The molecule has 7 nitrogen and oxygen atoms in total. The number of amides is 1. The second kappa shape index (κ2) is 9.18. The molecule has 1 aliphatic heterocycles. The number of fused-ring (bicyclic) bond motifs is 1. The number of nitrogens with zero attached hydrogens (tertiary/aromatic N) is 1. The van der Waals surface area contributed by atoms with Gasteiger partial charge in [-0.2, -0.15) is 0 Å². The first kappa shape index (κ1) is 18.9.